The van der Waals surface area contributed by atoms with E-state index in [2.05, 4.69) is 0 Å². The SMILES string of the molecule is OO.c1ccc(OP(Oc2ccccc2)Oc2ccccc2)cc1. The lowest BCUT2D eigenvalue weighted by Crippen LogP contribution is -2.02. The van der Waals surface area contributed by atoms with Gasteiger partial charge in [-0.05, 0) is 36.4 Å². The quantitative estimate of drug-likeness (QED) is 0.353. The van der Waals surface area contributed by atoms with Gasteiger partial charge in [-0.1, -0.05) is 54.6 Å². The smallest absolute Gasteiger partial charge is 0.409 e. The molecule has 0 saturated heterocycles. The Balaban J connectivity index is 0.00000100. The Kier molecular flexibility index (Phi) is 7.57. The molecule has 5 nitrogen and oxygen atoms in total. The van der Waals surface area contributed by atoms with E-state index in [0.717, 1.165) is 0 Å². The summed E-state index contributed by atoms with van der Waals surface area (Å²) in [7, 11) is -1.59. The summed E-state index contributed by atoms with van der Waals surface area (Å²) in [5.74, 6) is 2.13. The van der Waals surface area contributed by atoms with Gasteiger partial charge in [-0.2, -0.15) is 0 Å². The molecule has 0 aliphatic carbocycles. The summed E-state index contributed by atoms with van der Waals surface area (Å²) in [6.07, 6.45) is 0. The Morgan fingerprint density at radius 1 is 0.458 bits per heavy atom. The van der Waals surface area contributed by atoms with Crippen LogP contribution in [-0.4, -0.2) is 10.5 Å². The zero-order valence-electron chi connectivity index (χ0n) is 12.7. The molecule has 0 atom stereocenters. The van der Waals surface area contributed by atoms with Crippen LogP contribution in [0.4, 0.5) is 0 Å². The summed E-state index contributed by atoms with van der Waals surface area (Å²) in [4.78, 5) is 0. The largest absolute Gasteiger partial charge is 0.530 e. The normalized spacial score (nSPS) is 9.62. The zero-order valence-corrected chi connectivity index (χ0v) is 13.6. The molecule has 124 valence electrons. The van der Waals surface area contributed by atoms with Gasteiger partial charge in [-0.3, -0.25) is 10.5 Å². The van der Waals surface area contributed by atoms with Gasteiger partial charge in [0, 0.05) is 0 Å². The average Bonchev–Trinajstić information content (AvgIpc) is 2.66. The summed E-state index contributed by atoms with van der Waals surface area (Å²) in [5, 5.41) is 12.0. The summed E-state index contributed by atoms with van der Waals surface area (Å²) >= 11 is 0. The molecule has 0 saturated carbocycles. The predicted octanol–water partition coefficient (Wildman–Crippen LogP) is 5.47. The molecule has 0 aliphatic heterocycles. The molecule has 0 fully saturated rings. The third kappa shape index (κ3) is 5.89. The molecule has 6 heteroatoms. The standard InChI is InChI=1S/C18H15O3P.H2O2/c1-4-10-16(11-5-1)19-22(20-17-12-6-2-7-13-17)21-18-14-8-3-9-15-18;1-2/h1-15H;1-2H. The molecule has 24 heavy (non-hydrogen) atoms. The molecule has 0 aliphatic rings. The number of benzene rings is 3. The second-order valence-electron chi connectivity index (χ2n) is 4.44. The lowest BCUT2D eigenvalue weighted by molar-refractivity contribution is -0.176. The highest BCUT2D eigenvalue weighted by Crippen LogP contribution is 2.41. The van der Waals surface area contributed by atoms with E-state index in [9.17, 15) is 0 Å². The first-order valence-electron chi connectivity index (χ1n) is 7.09. The molecular weight excluding hydrogens is 327 g/mol. The minimum absolute atomic E-state index is 0.709. The van der Waals surface area contributed by atoms with Crippen LogP contribution in [0, 0.1) is 0 Å². The van der Waals surface area contributed by atoms with Gasteiger partial charge in [-0.25, -0.2) is 0 Å². The molecule has 3 aromatic rings. The van der Waals surface area contributed by atoms with Crippen LogP contribution >= 0.6 is 8.60 Å². The highest BCUT2D eigenvalue weighted by atomic mass is 31.2. The fourth-order valence-corrected chi connectivity index (χ4v) is 2.75. The van der Waals surface area contributed by atoms with Crippen LogP contribution in [0.2, 0.25) is 0 Å². The molecule has 0 amide bonds. The van der Waals surface area contributed by atoms with Crippen molar-refractivity contribution in [2.45, 2.75) is 0 Å². The maximum atomic E-state index is 6.00. The lowest BCUT2D eigenvalue weighted by atomic mass is 10.3. The van der Waals surface area contributed by atoms with Crippen molar-refractivity contribution in [1.82, 2.24) is 0 Å². The first kappa shape index (κ1) is 17.8. The third-order valence-electron chi connectivity index (χ3n) is 2.77. The van der Waals surface area contributed by atoms with Crippen molar-refractivity contribution in [3.05, 3.63) is 91.0 Å². The van der Waals surface area contributed by atoms with Gasteiger partial charge in [-0.15, -0.1) is 0 Å². The topological polar surface area (TPSA) is 68.2 Å². The van der Waals surface area contributed by atoms with Crippen LogP contribution in [0.15, 0.2) is 91.0 Å². The van der Waals surface area contributed by atoms with Gasteiger partial charge in [0.15, 0.2) is 0 Å². The summed E-state index contributed by atoms with van der Waals surface area (Å²) in [6.45, 7) is 0. The van der Waals surface area contributed by atoms with Crippen molar-refractivity contribution < 1.29 is 24.1 Å². The third-order valence-corrected chi connectivity index (χ3v) is 3.85. The Morgan fingerprint density at radius 2 is 0.708 bits per heavy atom. The fourth-order valence-electron chi connectivity index (χ4n) is 1.76. The zero-order chi connectivity index (χ0) is 17.0. The predicted molar refractivity (Wildman–Crippen MR) is 93.4 cm³/mol. The van der Waals surface area contributed by atoms with Crippen molar-refractivity contribution in [2.75, 3.05) is 0 Å². The van der Waals surface area contributed by atoms with E-state index in [0.29, 0.717) is 17.2 Å². The first-order chi connectivity index (χ1) is 11.9. The Bertz CT molecular complexity index is 581. The van der Waals surface area contributed by atoms with Crippen LogP contribution in [-0.2, 0) is 0 Å². The van der Waals surface area contributed by atoms with E-state index in [1.807, 2.05) is 91.0 Å². The molecule has 2 N–H and O–H groups in total. The number of hydrogen-bond donors (Lipinski definition) is 2. The Morgan fingerprint density at radius 3 is 0.958 bits per heavy atom. The molecule has 0 unspecified atom stereocenters. The maximum Gasteiger partial charge on any atom is 0.530 e. The highest BCUT2D eigenvalue weighted by Gasteiger charge is 2.19. The van der Waals surface area contributed by atoms with Crippen molar-refractivity contribution in [3.8, 4) is 17.2 Å². The van der Waals surface area contributed by atoms with Crippen LogP contribution in [0.5, 0.6) is 17.2 Å². The van der Waals surface area contributed by atoms with Crippen LogP contribution in [0.1, 0.15) is 0 Å². The molecule has 0 bridgehead atoms. The molecule has 0 spiro atoms. The minimum atomic E-state index is -1.59. The number of rotatable bonds is 6. The first-order valence-corrected chi connectivity index (χ1v) is 8.19. The molecule has 0 aromatic heterocycles. The van der Waals surface area contributed by atoms with E-state index < -0.39 is 8.60 Å². The van der Waals surface area contributed by atoms with E-state index in [1.165, 1.54) is 0 Å². The monoisotopic (exact) mass is 344 g/mol. The Labute approximate surface area is 141 Å². The van der Waals surface area contributed by atoms with Gasteiger partial charge in [0.1, 0.15) is 17.2 Å². The van der Waals surface area contributed by atoms with Gasteiger partial charge in [0.25, 0.3) is 0 Å². The van der Waals surface area contributed by atoms with Crippen LogP contribution < -0.4 is 13.6 Å². The van der Waals surface area contributed by atoms with Crippen molar-refractivity contribution >= 4 is 8.60 Å². The van der Waals surface area contributed by atoms with Crippen molar-refractivity contribution in [3.63, 3.8) is 0 Å². The van der Waals surface area contributed by atoms with E-state index in [4.69, 9.17) is 24.1 Å². The van der Waals surface area contributed by atoms with Gasteiger partial charge >= 0.3 is 8.60 Å². The van der Waals surface area contributed by atoms with E-state index in [-0.39, 0.29) is 0 Å². The summed E-state index contributed by atoms with van der Waals surface area (Å²) in [6, 6.07) is 28.5. The lowest BCUT2D eigenvalue weighted by Gasteiger charge is -2.17. The molecular formula is C18H17O5P. The number of hydrogen-bond acceptors (Lipinski definition) is 5. The minimum Gasteiger partial charge on any atom is -0.409 e. The van der Waals surface area contributed by atoms with Crippen molar-refractivity contribution in [2.24, 2.45) is 0 Å². The molecule has 3 rings (SSSR count). The van der Waals surface area contributed by atoms with Crippen molar-refractivity contribution in [1.29, 1.82) is 0 Å². The van der Waals surface area contributed by atoms with Gasteiger partial charge in [0.2, 0.25) is 0 Å². The highest BCUT2D eigenvalue weighted by molar-refractivity contribution is 7.43. The molecule has 3 aromatic carbocycles. The Hall–Kier alpha value is -2.59. The second-order valence-corrected chi connectivity index (χ2v) is 5.43. The second kappa shape index (κ2) is 10.2. The van der Waals surface area contributed by atoms with Crippen LogP contribution in [0.3, 0.4) is 0 Å². The summed E-state index contributed by atoms with van der Waals surface area (Å²) < 4.78 is 17.5. The fraction of sp³-hybridized carbons (Fsp3) is 0. The summed E-state index contributed by atoms with van der Waals surface area (Å²) in [5.41, 5.74) is 0. The van der Waals surface area contributed by atoms with E-state index >= 15 is 0 Å². The molecule has 0 heterocycles. The van der Waals surface area contributed by atoms with Crippen LogP contribution in [0.25, 0.3) is 0 Å². The van der Waals surface area contributed by atoms with Gasteiger partial charge < -0.3 is 13.6 Å². The number of para-hydroxylation sites is 3. The average molecular weight is 344 g/mol. The molecule has 0 radical (unpaired) electrons. The maximum absolute atomic E-state index is 6.00. The van der Waals surface area contributed by atoms with E-state index in [1.54, 1.807) is 0 Å². The van der Waals surface area contributed by atoms with Gasteiger partial charge in [0.05, 0.1) is 0 Å².